The maximum absolute atomic E-state index is 12.9. The van der Waals surface area contributed by atoms with Crippen molar-refractivity contribution in [2.75, 3.05) is 13.2 Å². The highest BCUT2D eigenvalue weighted by atomic mass is 32.1. The minimum absolute atomic E-state index is 0.0264. The quantitative estimate of drug-likeness (QED) is 0.697. The summed E-state index contributed by atoms with van der Waals surface area (Å²) in [6, 6.07) is 10.1. The molecule has 3 rings (SSSR count). The van der Waals surface area contributed by atoms with Crippen molar-refractivity contribution in [3.63, 3.8) is 0 Å². The average Bonchev–Trinajstić information content (AvgIpc) is 3.30. The van der Waals surface area contributed by atoms with Crippen LogP contribution in [0, 0.1) is 6.92 Å². The van der Waals surface area contributed by atoms with E-state index in [9.17, 15) is 4.79 Å². The number of nitrogens with zero attached hydrogens (tertiary/aromatic N) is 3. The number of azo groups is 1. The summed E-state index contributed by atoms with van der Waals surface area (Å²) in [4.78, 5) is 15.6. The average molecular weight is 369 g/mol. The van der Waals surface area contributed by atoms with Crippen LogP contribution < -0.4 is 4.74 Å². The van der Waals surface area contributed by atoms with Gasteiger partial charge < -0.3 is 4.74 Å². The molecule has 0 bridgehead atoms. The molecule has 0 N–H and O–H groups in total. The van der Waals surface area contributed by atoms with Crippen molar-refractivity contribution < 1.29 is 9.53 Å². The molecule has 5 nitrogen and oxygen atoms in total. The van der Waals surface area contributed by atoms with Crippen LogP contribution in [-0.4, -0.2) is 24.0 Å². The Kier molecular flexibility index (Phi) is 5.83. The fourth-order valence-corrected chi connectivity index (χ4v) is 3.45. The zero-order valence-electron chi connectivity index (χ0n) is 15.3. The molecule has 1 aromatic carbocycles. The highest BCUT2D eigenvalue weighted by Crippen LogP contribution is 2.28. The SMILES string of the molecule is Cc1ccc(C(C)C)c(OCC(=O)N(Cc2cccs2)C2=CCN=N2)c1. The molecule has 0 saturated heterocycles. The van der Waals surface area contributed by atoms with E-state index < -0.39 is 0 Å². The molecule has 0 fully saturated rings. The number of hydrogen-bond acceptors (Lipinski definition) is 5. The van der Waals surface area contributed by atoms with Gasteiger partial charge in [0.15, 0.2) is 12.4 Å². The fourth-order valence-electron chi connectivity index (χ4n) is 2.76. The lowest BCUT2D eigenvalue weighted by Crippen LogP contribution is -2.33. The minimum atomic E-state index is -0.123. The van der Waals surface area contributed by atoms with Crippen LogP contribution in [0.2, 0.25) is 0 Å². The molecule has 2 heterocycles. The van der Waals surface area contributed by atoms with Gasteiger partial charge in [0.25, 0.3) is 5.91 Å². The Morgan fingerprint density at radius 2 is 2.19 bits per heavy atom. The van der Waals surface area contributed by atoms with Crippen LogP contribution in [0.5, 0.6) is 5.75 Å². The second-order valence-corrected chi connectivity index (χ2v) is 7.56. The monoisotopic (exact) mass is 369 g/mol. The Morgan fingerprint density at radius 3 is 2.85 bits per heavy atom. The van der Waals surface area contributed by atoms with Crippen LogP contribution in [-0.2, 0) is 11.3 Å². The van der Waals surface area contributed by atoms with E-state index in [1.165, 1.54) is 0 Å². The summed E-state index contributed by atoms with van der Waals surface area (Å²) >= 11 is 1.62. The van der Waals surface area contributed by atoms with Crippen molar-refractivity contribution in [2.24, 2.45) is 10.2 Å². The van der Waals surface area contributed by atoms with E-state index in [2.05, 4.69) is 36.2 Å². The first kappa shape index (κ1) is 18.3. The summed E-state index contributed by atoms with van der Waals surface area (Å²) in [6.45, 7) is 7.22. The Morgan fingerprint density at radius 1 is 1.35 bits per heavy atom. The number of amides is 1. The third-order valence-electron chi connectivity index (χ3n) is 4.14. The lowest BCUT2D eigenvalue weighted by molar-refractivity contribution is -0.132. The van der Waals surface area contributed by atoms with Crippen molar-refractivity contribution in [3.8, 4) is 5.75 Å². The molecule has 1 aromatic heterocycles. The third kappa shape index (κ3) is 4.38. The van der Waals surface area contributed by atoms with Gasteiger partial charge in [-0.1, -0.05) is 32.0 Å². The summed E-state index contributed by atoms with van der Waals surface area (Å²) in [5, 5.41) is 10.1. The summed E-state index contributed by atoms with van der Waals surface area (Å²) in [6.07, 6.45) is 1.86. The van der Waals surface area contributed by atoms with Gasteiger partial charge in [-0.3, -0.25) is 9.69 Å². The molecular weight excluding hydrogens is 346 g/mol. The summed E-state index contributed by atoms with van der Waals surface area (Å²) < 4.78 is 5.91. The molecule has 136 valence electrons. The Bertz CT molecular complexity index is 826. The van der Waals surface area contributed by atoms with Crippen LogP contribution in [0.4, 0.5) is 0 Å². The smallest absolute Gasteiger partial charge is 0.266 e. The van der Waals surface area contributed by atoms with E-state index in [0.717, 1.165) is 21.8 Å². The zero-order valence-corrected chi connectivity index (χ0v) is 16.1. The Hall–Kier alpha value is -2.47. The number of carbonyl (C=O) groups is 1. The van der Waals surface area contributed by atoms with Gasteiger partial charge in [0.2, 0.25) is 0 Å². The molecule has 0 unspecified atom stereocenters. The molecule has 2 aromatic rings. The van der Waals surface area contributed by atoms with E-state index in [1.807, 2.05) is 36.6 Å². The first-order valence-electron chi connectivity index (χ1n) is 8.68. The molecule has 0 atom stereocenters. The number of aryl methyl sites for hydroxylation is 1. The molecule has 1 amide bonds. The number of rotatable bonds is 7. The van der Waals surface area contributed by atoms with Gasteiger partial charge in [-0.2, -0.15) is 5.11 Å². The van der Waals surface area contributed by atoms with Crippen molar-refractivity contribution in [3.05, 3.63) is 63.6 Å². The number of hydrogen-bond donors (Lipinski definition) is 0. The van der Waals surface area contributed by atoms with Gasteiger partial charge in [0.1, 0.15) is 5.75 Å². The van der Waals surface area contributed by atoms with E-state index in [4.69, 9.17) is 4.74 Å². The molecule has 1 aliphatic rings. The summed E-state index contributed by atoms with van der Waals surface area (Å²) in [5.74, 6) is 1.57. The van der Waals surface area contributed by atoms with Crippen molar-refractivity contribution >= 4 is 17.2 Å². The van der Waals surface area contributed by atoms with E-state index >= 15 is 0 Å². The number of ether oxygens (including phenoxy) is 1. The predicted octanol–water partition coefficient (Wildman–Crippen LogP) is 4.89. The van der Waals surface area contributed by atoms with Crippen LogP contribution in [0.15, 0.2) is 57.8 Å². The van der Waals surface area contributed by atoms with Gasteiger partial charge >= 0.3 is 0 Å². The van der Waals surface area contributed by atoms with E-state index in [-0.39, 0.29) is 12.5 Å². The highest BCUT2D eigenvalue weighted by molar-refractivity contribution is 7.09. The van der Waals surface area contributed by atoms with Crippen LogP contribution in [0.1, 0.15) is 35.8 Å². The number of benzene rings is 1. The first-order chi connectivity index (χ1) is 12.5. The van der Waals surface area contributed by atoms with Crippen molar-refractivity contribution in [1.29, 1.82) is 0 Å². The van der Waals surface area contributed by atoms with Gasteiger partial charge in [-0.05, 0) is 47.6 Å². The maximum Gasteiger partial charge on any atom is 0.266 e. The molecule has 0 spiro atoms. The Balaban J connectivity index is 1.74. The largest absolute Gasteiger partial charge is 0.483 e. The molecule has 0 radical (unpaired) electrons. The molecular formula is C20H23N3O2S. The lowest BCUT2D eigenvalue weighted by atomic mass is 10.0. The number of thiophene rings is 1. The summed E-state index contributed by atoms with van der Waals surface area (Å²) in [5.41, 5.74) is 2.22. The second kappa shape index (κ2) is 8.27. The summed E-state index contributed by atoms with van der Waals surface area (Å²) in [7, 11) is 0. The zero-order chi connectivity index (χ0) is 18.5. The van der Waals surface area contributed by atoms with Crippen LogP contribution in [0.25, 0.3) is 0 Å². The minimum Gasteiger partial charge on any atom is -0.483 e. The van der Waals surface area contributed by atoms with Gasteiger partial charge in [0.05, 0.1) is 13.1 Å². The van der Waals surface area contributed by atoms with Crippen LogP contribution in [0.3, 0.4) is 0 Å². The normalized spacial score (nSPS) is 13.2. The standard InChI is InChI=1S/C20H23N3O2S/c1-14(2)17-7-6-15(3)11-18(17)25-13-20(24)23(19-8-9-21-22-19)12-16-5-4-10-26-16/h4-8,10-11,14H,9,12-13H2,1-3H3. The van der Waals surface area contributed by atoms with Crippen molar-refractivity contribution in [2.45, 2.75) is 33.2 Å². The first-order valence-corrected chi connectivity index (χ1v) is 9.56. The van der Waals surface area contributed by atoms with Gasteiger partial charge in [-0.15, -0.1) is 16.5 Å². The van der Waals surface area contributed by atoms with E-state index in [1.54, 1.807) is 16.2 Å². The second-order valence-electron chi connectivity index (χ2n) is 6.53. The topological polar surface area (TPSA) is 54.3 Å². The van der Waals surface area contributed by atoms with Gasteiger partial charge in [-0.25, -0.2) is 0 Å². The molecule has 26 heavy (non-hydrogen) atoms. The highest BCUT2D eigenvalue weighted by Gasteiger charge is 2.22. The third-order valence-corrected chi connectivity index (χ3v) is 5.00. The van der Waals surface area contributed by atoms with Crippen LogP contribution >= 0.6 is 11.3 Å². The molecule has 0 aliphatic carbocycles. The molecule has 1 aliphatic heterocycles. The van der Waals surface area contributed by atoms with Crippen molar-refractivity contribution in [1.82, 2.24) is 4.90 Å². The molecule has 6 heteroatoms. The molecule has 0 saturated carbocycles. The van der Waals surface area contributed by atoms with Gasteiger partial charge in [0, 0.05) is 4.88 Å². The Labute approximate surface area is 158 Å². The predicted molar refractivity (Wildman–Crippen MR) is 103 cm³/mol. The van der Waals surface area contributed by atoms with E-state index in [0.29, 0.717) is 24.8 Å². The fraction of sp³-hybridized carbons (Fsp3) is 0.350. The number of carbonyl (C=O) groups excluding carboxylic acids is 1. The maximum atomic E-state index is 12.9. The lowest BCUT2D eigenvalue weighted by Gasteiger charge is -2.21.